The van der Waals surface area contributed by atoms with Crippen molar-refractivity contribution in [2.45, 2.75) is 12.3 Å². The normalized spacial score (nSPS) is 11.8. The lowest BCUT2D eigenvalue weighted by Crippen LogP contribution is -2.18. The summed E-state index contributed by atoms with van der Waals surface area (Å²) in [4.78, 5) is 24.8. The summed E-state index contributed by atoms with van der Waals surface area (Å²) < 4.78 is 20.4. The highest BCUT2D eigenvalue weighted by Crippen LogP contribution is 2.43. The number of fused-ring (bicyclic) bond motifs is 1. The van der Waals surface area contributed by atoms with Crippen molar-refractivity contribution in [2.75, 3.05) is 21.3 Å². The van der Waals surface area contributed by atoms with Crippen LogP contribution < -0.4 is 15.1 Å². The molecule has 0 bridgehead atoms. The summed E-state index contributed by atoms with van der Waals surface area (Å²) in [6.07, 6.45) is -0.260. The van der Waals surface area contributed by atoms with Gasteiger partial charge in [-0.2, -0.15) is 0 Å². The molecule has 1 atom stereocenters. The Morgan fingerprint density at radius 3 is 2.24 bits per heavy atom. The van der Waals surface area contributed by atoms with Gasteiger partial charge in [0, 0.05) is 5.92 Å². The number of aromatic hydroxyl groups is 2. The first kappa shape index (κ1) is 20.1. The first-order valence-electron chi connectivity index (χ1n) is 8.67. The monoisotopic (exact) mass is 400 g/mol. The average molecular weight is 400 g/mol. The quantitative estimate of drug-likeness (QED) is 0.479. The Labute approximate surface area is 165 Å². The van der Waals surface area contributed by atoms with Crippen molar-refractivity contribution in [3.63, 3.8) is 0 Å². The molecule has 8 heteroatoms. The van der Waals surface area contributed by atoms with Gasteiger partial charge in [-0.05, 0) is 29.8 Å². The fraction of sp³-hybridized carbons (Fsp3) is 0.238. The number of rotatable bonds is 6. The van der Waals surface area contributed by atoms with Crippen molar-refractivity contribution in [1.29, 1.82) is 0 Å². The second-order valence-electron chi connectivity index (χ2n) is 6.25. The Morgan fingerprint density at radius 2 is 1.66 bits per heavy atom. The summed E-state index contributed by atoms with van der Waals surface area (Å²) in [6, 6.07) is 9.44. The molecule has 0 saturated carbocycles. The number of hydrogen-bond acceptors (Lipinski definition) is 8. The Hall–Kier alpha value is -3.68. The Balaban J connectivity index is 2.29. The van der Waals surface area contributed by atoms with E-state index >= 15 is 0 Å². The van der Waals surface area contributed by atoms with Gasteiger partial charge in [-0.25, -0.2) is 4.79 Å². The van der Waals surface area contributed by atoms with E-state index in [1.165, 1.54) is 33.5 Å². The van der Waals surface area contributed by atoms with E-state index in [4.69, 9.17) is 18.6 Å². The molecule has 2 N–H and O–H groups in total. The van der Waals surface area contributed by atoms with Gasteiger partial charge in [0.1, 0.15) is 11.3 Å². The maximum atomic E-state index is 12.7. The summed E-state index contributed by atoms with van der Waals surface area (Å²) >= 11 is 0. The molecule has 0 fully saturated rings. The highest BCUT2D eigenvalue weighted by Gasteiger charge is 2.29. The maximum Gasteiger partial charge on any atom is 0.343 e. The number of methoxy groups -OCH3 is 3. The van der Waals surface area contributed by atoms with E-state index < -0.39 is 17.5 Å². The first-order chi connectivity index (χ1) is 13.9. The van der Waals surface area contributed by atoms with Gasteiger partial charge in [-0.3, -0.25) is 4.79 Å². The fourth-order valence-corrected chi connectivity index (χ4v) is 3.21. The lowest BCUT2D eigenvalue weighted by atomic mass is 9.87. The molecular weight excluding hydrogens is 380 g/mol. The van der Waals surface area contributed by atoms with Crippen LogP contribution in [-0.4, -0.2) is 37.5 Å². The van der Waals surface area contributed by atoms with Gasteiger partial charge in [0.2, 0.25) is 5.75 Å². The standard InChI is InChI=1S/C21H20O8/c1-26-15-8-11(9-16(27-2)20(15)24)13(10-17(22)28-3)18-19(23)12-6-4-5-7-14(12)29-21(18)25/h4-9,13,23-24H,10H2,1-3H3/t13-/m0/s1. The molecular formula is C21H20O8. The zero-order chi connectivity index (χ0) is 21.1. The number of phenolic OH excluding ortho intramolecular Hbond substituents is 1. The van der Waals surface area contributed by atoms with Crippen LogP contribution in [0.1, 0.15) is 23.5 Å². The first-order valence-corrected chi connectivity index (χ1v) is 8.67. The van der Waals surface area contributed by atoms with E-state index in [0.717, 1.165) is 0 Å². The second-order valence-corrected chi connectivity index (χ2v) is 6.25. The van der Waals surface area contributed by atoms with Crippen molar-refractivity contribution in [3.8, 4) is 23.0 Å². The number of benzene rings is 2. The third-order valence-electron chi connectivity index (χ3n) is 4.67. The van der Waals surface area contributed by atoms with E-state index in [1.807, 2.05) is 0 Å². The molecule has 0 amide bonds. The maximum absolute atomic E-state index is 12.7. The molecule has 0 spiro atoms. The molecule has 0 unspecified atom stereocenters. The van der Waals surface area contributed by atoms with Gasteiger partial charge < -0.3 is 28.8 Å². The van der Waals surface area contributed by atoms with Crippen LogP contribution in [0.15, 0.2) is 45.6 Å². The van der Waals surface area contributed by atoms with Crippen LogP contribution in [0.2, 0.25) is 0 Å². The minimum atomic E-state index is -0.938. The molecule has 3 aromatic rings. The summed E-state index contributed by atoms with van der Waals surface area (Å²) in [5, 5.41) is 21.3. The van der Waals surface area contributed by atoms with Crippen molar-refractivity contribution < 1.29 is 33.6 Å². The highest BCUT2D eigenvalue weighted by molar-refractivity contribution is 5.85. The number of carbonyl (C=O) groups is 1. The number of esters is 1. The molecule has 0 aliphatic rings. The molecule has 0 saturated heterocycles. The second kappa shape index (κ2) is 8.14. The van der Waals surface area contributed by atoms with Gasteiger partial charge in [-0.1, -0.05) is 12.1 Å². The molecule has 0 aliphatic heterocycles. The lowest BCUT2D eigenvalue weighted by Gasteiger charge is -2.20. The smallest absolute Gasteiger partial charge is 0.343 e. The number of hydrogen-bond donors (Lipinski definition) is 2. The van der Waals surface area contributed by atoms with Crippen LogP contribution in [0.4, 0.5) is 0 Å². The van der Waals surface area contributed by atoms with Crippen LogP contribution in [-0.2, 0) is 9.53 Å². The Bertz CT molecular complexity index is 1090. The van der Waals surface area contributed by atoms with Gasteiger partial charge >= 0.3 is 11.6 Å². The summed E-state index contributed by atoms with van der Waals surface area (Å²) in [5.74, 6) is -1.90. The van der Waals surface area contributed by atoms with Crippen molar-refractivity contribution in [1.82, 2.24) is 0 Å². The van der Waals surface area contributed by atoms with E-state index in [2.05, 4.69) is 0 Å². The molecule has 3 rings (SSSR count). The van der Waals surface area contributed by atoms with E-state index in [-0.39, 0.29) is 40.6 Å². The van der Waals surface area contributed by atoms with E-state index in [0.29, 0.717) is 10.9 Å². The molecule has 1 heterocycles. The van der Waals surface area contributed by atoms with Gasteiger partial charge in [0.05, 0.1) is 38.7 Å². The highest BCUT2D eigenvalue weighted by atomic mass is 16.5. The van der Waals surface area contributed by atoms with Gasteiger partial charge in [-0.15, -0.1) is 0 Å². The van der Waals surface area contributed by atoms with Crippen LogP contribution in [0, 0.1) is 0 Å². The van der Waals surface area contributed by atoms with Gasteiger partial charge in [0.15, 0.2) is 11.5 Å². The lowest BCUT2D eigenvalue weighted by molar-refractivity contribution is -0.140. The number of ether oxygens (including phenoxy) is 3. The van der Waals surface area contributed by atoms with Crippen LogP contribution >= 0.6 is 0 Å². The zero-order valence-electron chi connectivity index (χ0n) is 16.1. The third kappa shape index (κ3) is 3.69. The fourth-order valence-electron chi connectivity index (χ4n) is 3.21. The van der Waals surface area contributed by atoms with E-state index in [9.17, 15) is 19.8 Å². The molecule has 0 radical (unpaired) electrons. The topological polar surface area (TPSA) is 115 Å². The minimum Gasteiger partial charge on any atom is -0.507 e. The number of para-hydroxylation sites is 1. The summed E-state index contributed by atoms with van der Waals surface area (Å²) in [6.45, 7) is 0. The summed E-state index contributed by atoms with van der Waals surface area (Å²) in [5.41, 5.74) is -0.291. The predicted molar refractivity (Wildman–Crippen MR) is 104 cm³/mol. The Kier molecular flexibility index (Phi) is 5.63. The van der Waals surface area contributed by atoms with Crippen LogP contribution in [0.5, 0.6) is 23.0 Å². The van der Waals surface area contributed by atoms with Crippen molar-refractivity contribution in [2.24, 2.45) is 0 Å². The van der Waals surface area contributed by atoms with Crippen molar-refractivity contribution in [3.05, 3.63) is 57.9 Å². The largest absolute Gasteiger partial charge is 0.507 e. The van der Waals surface area contributed by atoms with Crippen LogP contribution in [0.3, 0.4) is 0 Å². The molecule has 2 aromatic carbocycles. The van der Waals surface area contributed by atoms with Gasteiger partial charge in [0.25, 0.3) is 0 Å². The zero-order valence-corrected chi connectivity index (χ0v) is 16.1. The predicted octanol–water partition coefficient (Wildman–Crippen LogP) is 2.92. The van der Waals surface area contributed by atoms with Crippen molar-refractivity contribution >= 4 is 16.9 Å². The Morgan fingerprint density at radius 1 is 1.03 bits per heavy atom. The van der Waals surface area contributed by atoms with Crippen LogP contribution in [0.25, 0.3) is 11.0 Å². The minimum absolute atomic E-state index is 0.0823. The summed E-state index contributed by atoms with van der Waals surface area (Å²) in [7, 11) is 3.94. The molecule has 152 valence electrons. The third-order valence-corrected chi connectivity index (χ3v) is 4.67. The SMILES string of the molecule is COC(=O)C[C@@H](c1cc(OC)c(O)c(OC)c1)c1c(O)c2ccccc2oc1=O. The molecule has 0 aliphatic carbocycles. The molecule has 1 aromatic heterocycles. The number of carbonyl (C=O) groups excluding carboxylic acids is 1. The average Bonchev–Trinajstić information content (AvgIpc) is 2.73. The number of phenols is 1. The van der Waals surface area contributed by atoms with E-state index in [1.54, 1.807) is 24.3 Å². The molecule has 29 heavy (non-hydrogen) atoms. The molecule has 8 nitrogen and oxygen atoms in total.